The highest BCUT2D eigenvalue weighted by Gasteiger charge is 2.06. The molecule has 0 aliphatic carbocycles. The summed E-state index contributed by atoms with van der Waals surface area (Å²) in [6.07, 6.45) is 9.99. The van der Waals surface area contributed by atoms with Crippen LogP contribution in [0.15, 0.2) is 0 Å². The molecular formula is C13H28S. The summed E-state index contributed by atoms with van der Waals surface area (Å²) in [6.45, 7) is 6.87. The summed E-state index contributed by atoms with van der Waals surface area (Å²) in [5.41, 5.74) is 0. The zero-order valence-electron chi connectivity index (χ0n) is 10.3. The van der Waals surface area contributed by atoms with Crippen LogP contribution in [0, 0.1) is 5.92 Å². The molecule has 0 saturated heterocycles. The predicted octanol–water partition coefficient (Wildman–Crippen LogP) is 5.13. The van der Waals surface area contributed by atoms with Gasteiger partial charge in [-0.3, -0.25) is 0 Å². The Morgan fingerprint density at radius 3 is 2.21 bits per heavy atom. The topological polar surface area (TPSA) is 0 Å². The molecule has 0 aliphatic rings. The molecule has 1 heteroatoms. The maximum absolute atomic E-state index is 2.32. The summed E-state index contributed by atoms with van der Waals surface area (Å²) in [5.74, 6) is 3.69. The molecule has 14 heavy (non-hydrogen) atoms. The van der Waals surface area contributed by atoms with Crippen LogP contribution in [0.3, 0.4) is 0 Å². The highest BCUT2D eigenvalue weighted by molar-refractivity contribution is 7.99. The van der Waals surface area contributed by atoms with Crippen LogP contribution in [0.4, 0.5) is 0 Å². The Kier molecular flexibility index (Phi) is 11.7. The van der Waals surface area contributed by atoms with Gasteiger partial charge in [-0.2, -0.15) is 11.8 Å². The standard InChI is InChI=1S/C13H28S/c1-4-7-8-9-11-13(10-5-2)12-14-6-3/h13H,4-12H2,1-3H3/t13-/m1/s1. The molecule has 0 aromatic carbocycles. The molecule has 0 N–H and O–H groups in total. The van der Waals surface area contributed by atoms with Crippen molar-refractivity contribution >= 4 is 11.8 Å². The van der Waals surface area contributed by atoms with E-state index in [1.807, 2.05) is 0 Å². The Hall–Kier alpha value is 0.350. The Labute approximate surface area is 95.2 Å². The highest BCUT2D eigenvalue weighted by atomic mass is 32.2. The van der Waals surface area contributed by atoms with Gasteiger partial charge >= 0.3 is 0 Å². The minimum atomic E-state index is 1.00. The van der Waals surface area contributed by atoms with Gasteiger partial charge in [-0.25, -0.2) is 0 Å². The Balaban J connectivity index is 3.40. The van der Waals surface area contributed by atoms with Crippen molar-refractivity contribution in [3.8, 4) is 0 Å². The van der Waals surface area contributed by atoms with Crippen molar-refractivity contribution in [3.05, 3.63) is 0 Å². The van der Waals surface area contributed by atoms with Gasteiger partial charge in [0.2, 0.25) is 0 Å². The van der Waals surface area contributed by atoms with E-state index >= 15 is 0 Å². The van der Waals surface area contributed by atoms with Crippen LogP contribution < -0.4 is 0 Å². The number of rotatable bonds is 10. The highest BCUT2D eigenvalue weighted by Crippen LogP contribution is 2.20. The molecule has 0 aliphatic heterocycles. The van der Waals surface area contributed by atoms with Crippen LogP contribution in [0.5, 0.6) is 0 Å². The van der Waals surface area contributed by atoms with Crippen LogP contribution in [0.2, 0.25) is 0 Å². The zero-order chi connectivity index (χ0) is 10.6. The first-order chi connectivity index (χ1) is 6.85. The first-order valence-electron chi connectivity index (χ1n) is 6.42. The molecule has 0 saturated carbocycles. The van der Waals surface area contributed by atoms with Gasteiger partial charge in [-0.1, -0.05) is 52.9 Å². The maximum Gasteiger partial charge on any atom is -0.00392 e. The Morgan fingerprint density at radius 2 is 1.64 bits per heavy atom. The smallest absolute Gasteiger partial charge is 0.00392 e. The van der Waals surface area contributed by atoms with E-state index in [1.54, 1.807) is 0 Å². The minimum Gasteiger partial charge on any atom is -0.162 e. The Bertz CT molecular complexity index is 101. The van der Waals surface area contributed by atoms with Gasteiger partial charge in [-0.05, 0) is 30.3 Å². The quantitative estimate of drug-likeness (QED) is 0.456. The molecule has 0 nitrogen and oxygen atoms in total. The summed E-state index contributed by atoms with van der Waals surface area (Å²) in [4.78, 5) is 0. The molecular weight excluding hydrogens is 188 g/mol. The van der Waals surface area contributed by atoms with Crippen molar-refractivity contribution in [1.29, 1.82) is 0 Å². The molecule has 1 atom stereocenters. The second kappa shape index (κ2) is 11.4. The number of unbranched alkanes of at least 4 members (excludes halogenated alkanes) is 3. The second-order valence-corrected chi connectivity index (χ2v) is 5.48. The number of hydrogen-bond acceptors (Lipinski definition) is 1. The van der Waals surface area contributed by atoms with Crippen LogP contribution in [-0.2, 0) is 0 Å². The molecule has 0 fully saturated rings. The van der Waals surface area contributed by atoms with E-state index in [0.717, 1.165) is 5.92 Å². The fourth-order valence-electron chi connectivity index (χ4n) is 1.86. The Morgan fingerprint density at radius 1 is 0.857 bits per heavy atom. The van der Waals surface area contributed by atoms with Gasteiger partial charge in [0.25, 0.3) is 0 Å². The van der Waals surface area contributed by atoms with Gasteiger partial charge in [-0.15, -0.1) is 0 Å². The van der Waals surface area contributed by atoms with Crippen LogP contribution in [0.25, 0.3) is 0 Å². The third-order valence-electron chi connectivity index (χ3n) is 2.72. The lowest BCUT2D eigenvalue weighted by atomic mass is 9.98. The molecule has 0 unspecified atom stereocenters. The zero-order valence-corrected chi connectivity index (χ0v) is 11.2. The van der Waals surface area contributed by atoms with Crippen LogP contribution >= 0.6 is 11.8 Å². The van der Waals surface area contributed by atoms with E-state index in [9.17, 15) is 0 Å². The summed E-state index contributed by atoms with van der Waals surface area (Å²) in [5, 5.41) is 0. The lowest BCUT2D eigenvalue weighted by Gasteiger charge is -2.14. The van der Waals surface area contributed by atoms with E-state index in [2.05, 4.69) is 32.5 Å². The van der Waals surface area contributed by atoms with Crippen molar-refractivity contribution < 1.29 is 0 Å². The lowest BCUT2D eigenvalue weighted by molar-refractivity contribution is 0.462. The first-order valence-corrected chi connectivity index (χ1v) is 7.58. The summed E-state index contributed by atoms with van der Waals surface area (Å²) >= 11 is 2.12. The first kappa shape index (κ1) is 14.3. The maximum atomic E-state index is 2.32. The van der Waals surface area contributed by atoms with Crippen molar-refractivity contribution in [2.75, 3.05) is 11.5 Å². The molecule has 86 valence electrons. The van der Waals surface area contributed by atoms with E-state index in [4.69, 9.17) is 0 Å². The third kappa shape index (κ3) is 8.93. The van der Waals surface area contributed by atoms with Crippen LogP contribution in [0.1, 0.15) is 65.7 Å². The average molecular weight is 216 g/mol. The molecule has 0 heterocycles. The molecule has 0 aromatic rings. The van der Waals surface area contributed by atoms with Gasteiger partial charge in [0, 0.05) is 0 Å². The molecule has 0 spiro atoms. The monoisotopic (exact) mass is 216 g/mol. The second-order valence-electron chi connectivity index (χ2n) is 4.16. The number of thioether (sulfide) groups is 1. The minimum absolute atomic E-state index is 1.00. The molecule has 0 aromatic heterocycles. The lowest BCUT2D eigenvalue weighted by Crippen LogP contribution is -2.03. The van der Waals surface area contributed by atoms with Gasteiger partial charge in [0.05, 0.1) is 0 Å². The van der Waals surface area contributed by atoms with E-state index < -0.39 is 0 Å². The van der Waals surface area contributed by atoms with Crippen molar-refractivity contribution in [2.24, 2.45) is 5.92 Å². The van der Waals surface area contributed by atoms with Gasteiger partial charge in [0.1, 0.15) is 0 Å². The summed E-state index contributed by atoms with van der Waals surface area (Å²) in [7, 11) is 0. The largest absolute Gasteiger partial charge is 0.162 e. The molecule has 0 rings (SSSR count). The van der Waals surface area contributed by atoms with Crippen molar-refractivity contribution in [3.63, 3.8) is 0 Å². The van der Waals surface area contributed by atoms with Crippen molar-refractivity contribution in [1.82, 2.24) is 0 Å². The predicted molar refractivity (Wildman–Crippen MR) is 70.2 cm³/mol. The average Bonchev–Trinajstić information content (AvgIpc) is 2.20. The molecule has 0 bridgehead atoms. The van der Waals surface area contributed by atoms with E-state index in [1.165, 1.54) is 56.5 Å². The summed E-state index contributed by atoms with van der Waals surface area (Å²) < 4.78 is 0. The van der Waals surface area contributed by atoms with E-state index in [-0.39, 0.29) is 0 Å². The SMILES string of the molecule is CCCCCC[C@@H](CCC)CSCC. The molecule has 0 amide bonds. The van der Waals surface area contributed by atoms with E-state index in [0.29, 0.717) is 0 Å². The van der Waals surface area contributed by atoms with Gasteiger partial charge < -0.3 is 0 Å². The fourth-order valence-corrected chi connectivity index (χ4v) is 2.77. The molecule has 0 radical (unpaired) electrons. The fraction of sp³-hybridized carbons (Fsp3) is 1.00. The van der Waals surface area contributed by atoms with Crippen LogP contribution in [-0.4, -0.2) is 11.5 Å². The third-order valence-corrected chi connectivity index (χ3v) is 3.84. The van der Waals surface area contributed by atoms with Crippen molar-refractivity contribution in [2.45, 2.75) is 65.7 Å². The normalized spacial score (nSPS) is 13.1. The summed E-state index contributed by atoms with van der Waals surface area (Å²) in [6, 6.07) is 0. The van der Waals surface area contributed by atoms with Gasteiger partial charge in [0.15, 0.2) is 0 Å². The number of hydrogen-bond donors (Lipinski definition) is 0.